The van der Waals surface area contributed by atoms with E-state index in [-0.39, 0.29) is 12.6 Å². The first-order chi connectivity index (χ1) is 7.15. The molecule has 0 saturated carbocycles. The molecule has 15 heavy (non-hydrogen) atoms. The molecule has 7 heteroatoms. The summed E-state index contributed by atoms with van der Waals surface area (Å²) in [7, 11) is 0. The van der Waals surface area contributed by atoms with Crippen LogP contribution in [0.5, 0.6) is 0 Å². The summed E-state index contributed by atoms with van der Waals surface area (Å²) in [5.41, 5.74) is 0. The number of ether oxygens (including phenoxy) is 1. The minimum absolute atomic E-state index is 0.0962. The molecule has 0 atom stereocenters. The van der Waals surface area contributed by atoms with Crippen LogP contribution in [0.1, 0.15) is 12.7 Å². The Morgan fingerprint density at radius 3 is 2.13 bits per heavy atom. The van der Waals surface area contributed by atoms with Gasteiger partial charge in [0.1, 0.15) is 0 Å². The van der Waals surface area contributed by atoms with Crippen molar-refractivity contribution >= 4 is 29.5 Å². The van der Waals surface area contributed by atoms with Gasteiger partial charge >= 0.3 is 5.97 Å². The summed E-state index contributed by atoms with van der Waals surface area (Å²) >= 11 is 2.86. The molecule has 0 amide bonds. The van der Waals surface area contributed by atoms with Crippen molar-refractivity contribution in [3.05, 3.63) is 5.82 Å². The van der Waals surface area contributed by atoms with Crippen molar-refractivity contribution in [3.63, 3.8) is 0 Å². The normalized spacial score (nSPS) is 10.1. The van der Waals surface area contributed by atoms with Crippen LogP contribution in [0, 0.1) is 0 Å². The number of carbonyl (C=O) groups excluding carboxylic acids is 1. The summed E-state index contributed by atoms with van der Waals surface area (Å²) in [6, 6.07) is 0. The second-order valence-electron chi connectivity index (χ2n) is 2.51. The Hall–Kier alpha value is -0.820. The van der Waals surface area contributed by atoms with Gasteiger partial charge in [0.15, 0.2) is 22.7 Å². The summed E-state index contributed by atoms with van der Waals surface area (Å²) in [4.78, 5) is 23.0. The van der Waals surface area contributed by atoms with Crippen LogP contribution in [0.15, 0.2) is 10.3 Å². The third kappa shape index (κ3) is 4.05. The first kappa shape index (κ1) is 12.3. The summed E-state index contributed by atoms with van der Waals surface area (Å²) in [5, 5.41) is 1.27. The van der Waals surface area contributed by atoms with Crippen LogP contribution in [0.2, 0.25) is 0 Å². The first-order valence-electron chi connectivity index (χ1n) is 4.12. The van der Waals surface area contributed by atoms with Gasteiger partial charge in [0, 0.05) is 6.92 Å². The minimum atomic E-state index is -0.341. The molecule has 1 rings (SSSR count). The van der Waals surface area contributed by atoms with Gasteiger partial charge in [-0.25, -0.2) is 9.97 Å². The van der Waals surface area contributed by atoms with E-state index in [1.807, 2.05) is 12.5 Å². The van der Waals surface area contributed by atoms with Gasteiger partial charge in [-0.15, -0.1) is 0 Å². The number of hydrogen-bond acceptors (Lipinski definition) is 7. The molecule has 0 radical (unpaired) electrons. The standard InChI is InChI=1S/C8H11N3O2S2/c1-5(12)13-4-6-9-7(14-2)11-8(10-6)15-3/h4H2,1-3H3. The van der Waals surface area contributed by atoms with Crippen molar-refractivity contribution in [1.82, 2.24) is 15.0 Å². The molecular weight excluding hydrogens is 234 g/mol. The maximum absolute atomic E-state index is 10.6. The molecule has 0 aliphatic heterocycles. The van der Waals surface area contributed by atoms with Crippen molar-refractivity contribution < 1.29 is 9.53 Å². The fourth-order valence-electron chi connectivity index (χ4n) is 0.791. The van der Waals surface area contributed by atoms with E-state index in [4.69, 9.17) is 4.74 Å². The number of carbonyl (C=O) groups is 1. The number of esters is 1. The lowest BCUT2D eigenvalue weighted by atomic mass is 10.6. The highest BCUT2D eigenvalue weighted by Gasteiger charge is 2.06. The van der Waals surface area contributed by atoms with Gasteiger partial charge in [-0.2, -0.15) is 4.98 Å². The van der Waals surface area contributed by atoms with Gasteiger partial charge in [-0.3, -0.25) is 4.79 Å². The smallest absolute Gasteiger partial charge is 0.303 e. The van der Waals surface area contributed by atoms with E-state index in [0.717, 1.165) is 0 Å². The van der Waals surface area contributed by atoms with E-state index in [9.17, 15) is 4.79 Å². The van der Waals surface area contributed by atoms with Crippen LogP contribution < -0.4 is 0 Å². The monoisotopic (exact) mass is 245 g/mol. The molecule has 0 aromatic carbocycles. The summed E-state index contributed by atoms with van der Waals surface area (Å²) < 4.78 is 4.82. The van der Waals surface area contributed by atoms with E-state index in [2.05, 4.69) is 15.0 Å². The van der Waals surface area contributed by atoms with Crippen molar-refractivity contribution in [2.24, 2.45) is 0 Å². The molecule has 5 nitrogen and oxygen atoms in total. The molecule has 0 spiro atoms. The number of thioether (sulfide) groups is 2. The summed E-state index contributed by atoms with van der Waals surface area (Å²) in [6.45, 7) is 1.45. The molecule has 0 unspecified atom stereocenters. The van der Waals surface area contributed by atoms with Crippen LogP contribution in [0.3, 0.4) is 0 Å². The van der Waals surface area contributed by atoms with E-state index >= 15 is 0 Å². The Labute approximate surface area is 96.4 Å². The van der Waals surface area contributed by atoms with E-state index in [1.165, 1.54) is 30.4 Å². The van der Waals surface area contributed by atoms with Gasteiger partial charge in [0.2, 0.25) is 0 Å². The summed E-state index contributed by atoms with van der Waals surface area (Å²) in [6.07, 6.45) is 3.77. The fourth-order valence-corrected chi connectivity index (χ4v) is 1.60. The molecule has 1 aromatic rings. The molecule has 0 N–H and O–H groups in total. The highest BCUT2D eigenvalue weighted by atomic mass is 32.2. The van der Waals surface area contributed by atoms with E-state index in [1.54, 1.807) is 0 Å². The Kier molecular flexibility index (Phi) is 4.83. The highest BCUT2D eigenvalue weighted by molar-refractivity contribution is 7.99. The highest BCUT2D eigenvalue weighted by Crippen LogP contribution is 2.14. The molecule has 1 aromatic heterocycles. The predicted octanol–water partition coefficient (Wildman–Crippen LogP) is 1.38. The van der Waals surface area contributed by atoms with Crippen LogP contribution >= 0.6 is 23.5 Å². The average Bonchev–Trinajstić information content (AvgIpc) is 2.25. The molecule has 0 aliphatic carbocycles. The van der Waals surface area contributed by atoms with Gasteiger partial charge in [0.05, 0.1) is 0 Å². The molecule has 0 bridgehead atoms. The third-order valence-electron chi connectivity index (χ3n) is 1.41. The number of rotatable bonds is 4. The SMILES string of the molecule is CSc1nc(COC(C)=O)nc(SC)n1. The van der Waals surface area contributed by atoms with E-state index < -0.39 is 0 Å². The second kappa shape index (κ2) is 5.92. The van der Waals surface area contributed by atoms with Crippen LogP contribution in [-0.2, 0) is 16.1 Å². The van der Waals surface area contributed by atoms with Crippen LogP contribution in [-0.4, -0.2) is 33.4 Å². The largest absolute Gasteiger partial charge is 0.458 e. The first-order valence-corrected chi connectivity index (χ1v) is 6.57. The zero-order valence-corrected chi connectivity index (χ0v) is 10.3. The van der Waals surface area contributed by atoms with Crippen molar-refractivity contribution in [2.45, 2.75) is 23.8 Å². The number of hydrogen-bond donors (Lipinski definition) is 0. The molecule has 0 saturated heterocycles. The van der Waals surface area contributed by atoms with Gasteiger partial charge < -0.3 is 4.74 Å². The predicted molar refractivity (Wildman–Crippen MR) is 58.9 cm³/mol. The topological polar surface area (TPSA) is 65.0 Å². The molecule has 0 fully saturated rings. The Bertz CT molecular complexity index is 337. The lowest BCUT2D eigenvalue weighted by Crippen LogP contribution is -2.06. The number of nitrogens with zero attached hydrogens (tertiary/aromatic N) is 3. The van der Waals surface area contributed by atoms with Gasteiger partial charge in [0.25, 0.3) is 0 Å². The van der Waals surface area contributed by atoms with Gasteiger partial charge in [-0.1, -0.05) is 23.5 Å². The molecule has 0 aliphatic rings. The Morgan fingerprint density at radius 1 is 1.20 bits per heavy atom. The zero-order valence-electron chi connectivity index (χ0n) is 8.68. The molecular formula is C8H11N3O2S2. The fraction of sp³-hybridized carbons (Fsp3) is 0.500. The molecule has 82 valence electrons. The summed E-state index contributed by atoms with van der Waals surface area (Å²) in [5.74, 6) is 0.140. The molecule has 1 heterocycles. The average molecular weight is 245 g/mol. The van der Waals surface area contributed by atoms with Crippen LogP contribution in [0.4, 0.5) is 0 Å². The lowest BCUT2D eigenvalue weighted by molar-refractivity contribution is -0.142. The van der Waals surface area contributed by atoms with Crippen molar-refractivity contribution in [2.75, 3.05) is 12.5 Å². The second-order valence-corrected chi connectivity index (χ2v) is 4.05. The van der Waals surface area contributed by atoms with Gasteiger partial charge in [-0.05, 0) is 12.5 Å². The maximum Gasteiger partial charge on any atom is 0.303 e. The van der Waals surface area contributed by atoms with Crippen LogP contribution in [0.25, 0.3) is 0 Å². The zero-order chi connectivity index (χ0) is 11.3. The van der Waals surface area contributed by atoms with Crippen molar-refractivity contribution in [3.8, 4) is 0 Å². The lowest BCUT2D eigenvalue weighted by Gasteiger charge is -2.03. The van der Waals surface area contributed by atoms with Crippen molar-refractivity contribution in [1.29, 1.82) is 0 Å². The number of aromatic nitrogens is 3. The Balaban J connectivity index is 2.81. The quantitative estimate of drug-likeness (QED) is 0.586. The minimum Gasteiger partial charge on any atom is -0.458 e. The van der Waals surface area contributed by atoms with E-state index in [0.29, 0.717) is 16.1 Å². The third-order valence-corrected chi connectivity index (χ3v) is 2.51. The maximum atomic E-state index is 10.6. The Morgan fingerprint density at radius 2 is 1.73 bits per heavy atom.